The van der Waals surface area contributed by atoms with E-state index in [4.69, 9.17) is 16.3 Å². The molecule has 20 heavy (non-hydrogen) atoms. The minimum Gasteiger partial charge on any atom is -0.495 e. The summed E-state index contributed by atoms with van der Waals surface area (Å²) in [6, 6.07) is 10.0. The summed E-state index contributed by atoms with van der Waals surface area (Å²) in [6.45, 7) is 3.09. The van der Waals surface area contributed by atoms with E-state index in [9.17, 15) is 0 Å². The van der Waals surface area contributed by atoms with Crippen molar-refractivity contribution in [3.8, 4) is 5.75 Å². The van der Waals surface area contributed by atoms with Crippen molar-refractivity contribution in [2.75, 3.05) is 13.7 Å². The first kappa shape index (κ1) is 14.8. The van der Waals surface area contributed by atoms with E-state index in [0.29, 0.717) is 10.8 Å². The minimum atomic E-state index is 0.115. The molecule has 1 atom stereocenters. The van der Waals surface area contributed by atoms with E-state index in [0.717, 1.165) is 18.5 Å². The summed E-state index contributed by atoms with van der Waals surface area (Å²) < 4.78 is 5.30. The van der Waals surface area contributed by atoms with Crippen LogP contribution < -0.4 is 10.1 Å². The molecule has 2 aromatic rings. The number of hydrogen-bond donors (Lipinski definition) is 1. The van der Waals surface area contributed by atoms with Crippen molar-refractivity contribution in [3.05, 3.63) is 58.9 Å². The van der Waals surface area contributed by atoms with Crippen molar-refractivity contribution < 1.29 is 4.74 Å². The standard InChI is InChI=1S/C16H19ClN2O/c1-3-8-19-16(12-6-9-18-10-7-12)13-4-5-14(17)15(11-13)20-2/h4-7,9-11,16,19H,3,8H2,1-2H3. The van der Waals surface area contributed by atoms with Gasteiger partial charge in [-0.05, 0) is 48.4 Å². The summed E-state index contributed by atoms with van der Waals surface area (Å²) in [6.07, 6.45) is 4.69. The first-order chi connectivity index (χ1) is 9.76. The van der Waals surface area contributed by atoms with Crippen LogP contribution in [-0.2, 0) is 0 Å². The molecule has 1 N–H and O–H groups in total. The highest BCUT2D eigenvalue weighted by Gasteiger charge is 2.15. The van der Waals surface area contributed by atoms with Crippen molar-refractivity contribution in [3.63, 3.8) is 0 Å². The Labute approximate surface area is 124 Å². The Balaban J connectivity index is 2.36. The molecule has 2 rings (SSSR count). The van der Waals surface area contributed by atoms with E-state index in [1.807, 2.05) is 42.7 Å². The van der Waals surface area contributed by atoms with Crippen molar-refractivity contribution in [1.82, 2.24) is 10.3 Å². The molecule has 0 saturated carbocycles. The zero-order valence-electron chi connectivity index (χ0n) is 11.8. The van der Waals surface area contributed by atoms with Crippen LogP contribution in [0, 0.1) is 0 Å². The fraction of sp³-hybridized carbons (Fsp3) is 0.312. The summed E-state index contributed by atoms with van der Waals surface area (Å²) in [5.74, 6) is 0.696. The van der Waals surface area contributed by atoms with Gasteiger partial charge in [0.2, 0.25) is 0 Å². The second-order valence-corrected chi connectivity index (χ2v) is 4.97. The molecule has 0 spiro atoms. The number of methoxy groups -OCH3 is 1. The summed E-state index contributed by atoms with van der Waals surface area (Å²) in [7, 11) is 1.63. The molecule has 1 aromatic heterocycles. The molecule has 1 aromatic carbocycles. The Morgan fingerprint density at radius 2 is 1.95 bits per heavy atom. The maximum absolute atomic E-state index is 6.10. The SMILES string of the molecule is CCCNC(c1ccncc1)c1ccc(Cl)c(OC)c1. The number of nitrogens with zero attached hydrogens (tertiary/aromatic N) is 1. The van der Waals surface area contributed by atoms with Crippen LogP contribution in [0.3, 0.4) is 0 Å². The van der Waals surface area contributed by atoms with Crippen LogP contribution in [0.2, 0.25) is 5.02 Å². The normalized spacial score (nSPS) is 12.2. The molecule has 4 heteroatoms. The molecule has 0 aliphatic heterocycles. The lowest BCUT2D eigenvalue weighted by molar-refractivity contribution is 0.414. The number of rotatable bonds is 6. The lowest BCUT2D eigenvalue weighted by Crippen LogP contribution is -2.23. The van der Waals surface area contributed by atoms with Gasteiger partial charge in [-0.2, -0.15) is 0 Å². The zero-order chi connectivity index (χ0) is 14.4. The Morgan fingerprint density at radius 3 is 2.60 bits per heavy atom. The molecule has 106 valence electrons. The predicted molar refractivity (Wildman–Crippen MR) is 82.4 cm³/mol. The second kappa shape index (κ2) is 7.27. The van der Waals surface area contributed by atoms with Crippen LogP contribution in [0.4, 0.5) is 0 Å². The number of hydrogen-bond acceptors (Lipinski definition) is 3. The zero-order valence-corrected chi connectivity index (χ0v) is 12.5. The third-order valence-corrected chi connectivity index (χ3v) is 3.46. The van der Waals surface area contributed by atoms with Crippen LogP contribution in [-0.4, -0.2) is 18.6 Å². The topological polar surface area (TPSA) is 34.2 Å². The van der Waals surface area contributed by atoms with Gasteiger partial charge in [0.05, 0.1) is 18.2 Å². The number of nitrogens with one attached hydrogen (secondary N) is 1. The predicted octanol–water partition coefficient (Wildman–Crippen LogP) is 3.83. The van der Waals surface area contributed by atoms with Crippen LogP contribution in [0.25, 0.3) is 0 Å². The van der Waals surface area contributed by atoms with Gasteiger partial charge >= 0.3 is 0 Å². The van der Waals surface area contributed by atoms with Crippen molar-refractivity contribution >= 4 is 11.6 Å². The lowest BCUT2D eigenvalue weighted by Gasteiger charge is -2.20. The molecule has 0 bridgehead atoms. The quantitative estimate of drug-likeness (QED) is 0.878. The summed E-state index contributed by atoms with van der Waals surface area (Å²) in [4.78, 5) is 4.08. The van der Waals surface area contributed by atoms with E-state index in [-0.39, 0.29) is 6.04 Å². The van der Waals surface area contributed by atoms with E-state index >= 15 is 0 Å². The average molecular weight is 291 g/mol. The summed E-state index contributed by atoms with van der Waals surface area (Å²) >= 11 is 6.10. The van der Waals surface area contributed by atoms with Crippen LogP contribution >= 0.6 is 11.6 Å². The minimum absolute atomic E-state index is 0.115. The van der Waals surface area contributed by atoms with Gasteiger partial charge in [-0.15, -0.1) is 0 Å². The third kappa shape index (κ3) is 3.50. The number of halogens is 1. The maximum atomic E-state index is 6.10. The van der Waals surface area contributed by atoms with Crippen molar-refractivity contribution in [1.29, 1.82) is 0 Å². The van der Waals surface area contributed by atoms with Crippen molar-refractivity contribution in [2.24, 2.45) is 0 Å². The molecule has 0 saturated heterocycles. The molecule has 0 amide bonds. The van der Waals surface area contributed by atoms with E-state index in [1.165, 1.54) is 5.56 Å². The van der Waals surface area contributed by atoms with Gasteiger partial charge in [-0.3, -0.25) is 4.98 Å². The first-order valence-corrected chi connectivity index (χ1v) is 7.10. The lowest BCUT2D eigenvalue weighted by atomic mass is 9.99. The molecular formula is C16H19ClN2O. The highest BCUT2D eigenvalue weighted by molar-refractivity contribution is 6.32. The Kier molecular flexibility index (Phi) is 5.39. The molecule has 3 nitrogen and oxygen atoms in total. The average Bonchev–Trinajstić information content (AvgIpc) is 2.50. The molecule has 0 aliphatic rings. The molecule has 0 radical (unpaired) electrons. The van der Waals surface area contributed by atoms with Gasteiger partial charge in [0, 0.05) is 12.4 Å². The molecule has 1 unspecified atom stereocenters. The number of ether oxygens (including phenoxy) is 1. The largest absolute Gasteiger partial charge is 0.495 e. The maximum Gasteiger partial charge on any atom is 0.137 e. The first-order valence-electron chi connectivity index (χ1n) is 6.73. The summed E-state index contributed by atoms with van der Waals surface area (Å²) in [5, 5.41) is 4.17. The molecule has 1 heterocycles. The van der Waals surface area contributed by atoms with Crippen LogP contribution in [0.15, 0.2) is 42.7 Å². The molecule has 0 fully saturated rings. The van der Waals surface area contributed by atoms with Crippen LogP contribution in [0.5, 0.6) is 5.75 Å². The number of benzene rings is 1. The highest BCUT2D eigenvalue weighted by atomic mass is 35.5. The number of pyridine rings is 1. The van der Waals surface area contributed by atoms with E-state index in [2.05, 4.69) is 17.2 Å². The third-order valence-electron chi connectivity index (χ3n) is 3.15. The Bertz CT molecular complexity index is 545. The second-order valence-electron chi connectivity index (χ2n) is 4.56. The van der Waals surface area contributed by atoms with Gasteiger partial charge in [0.1, 0.15) is 5.75 Å². The number of aromatic nitrogens is 1. The summed E-state index contributed by atoms with van der Waals surface area (Å²) in [5.41, 5.74) is 2.31. The van der Waals surface area contributed by atoms with E-state index in [1.54, 1.807) is 7.11 Å². The van der Waals surface area contributed by atoms with Crippen molar-refractivity contribution in [2.45, 2.75) is 19.4 Å². The van der Waals surface area contributed by atoms with Crippen LogP contribution in [0.1, 0.15) is 30.5 Å². The highest BCUT2D eigenvalue weighted by Crippen LogP contribution is 2.30. The Morgan fingerprint density at radius 1 is 1.20 bits per heavy atom. The Hall–Kier alpha value is -1.58. The van der Waals surface area contributed by atoms with E-state index < -0.39 is 0 Å². The van der Waals surface area contributed by atoms with Gasteiger partial charge in [0.25, 0.3) is 0 Å². The van der Waals surface area contributed by atoms with Gasteiger partial charge < -0.3 is 10.1 Å². The fourth-order valence-electron chi connectivity index (χ4n) is 2.13. The molecule has 0 aliphatic carbocycles. The van der Waals surface area contributed by atoms with Gasteiger partial charge in [-0.25, -0.2) is 0 Å². The molecular weight excluding hydrogens is 272 g/mol. The smallest absolute Gasteiger partial charge is 0.137 e. The van der Waals surface area contributed by atoms with Gasteiger partial charge in [0.15, 0.2) is 0 Å². The monoisotopic (exact) mass is 290 g/mol. The fourth-order valence-corrected chi connectivity index (χ4v) is 2.32. The van der Waals surface area contributed by atoms with Gasteiger partial charge in [-0.1, -0.05) is 24.6 Å².